The van der Waals surface area contributed by atoms with Gasteiger partial charge >= 0.3 is 11.9 Å². The van der Waals surface area contributed by atoms with Crippen molar-refractivity contribution in [3.8, 4) is 0 Å². The van der Waals surface area contributed by atoms with Crippen molar-refractivity contribution in [3.05, 3.63) is 12.2 Å². The quantitative estimate of drug-likeness (QED) is 0.405. The predicted octanol–water partition coefficient (Wildman–Crippen LogP) is 1.79. The summed E-state index contributed by atoms with van der Waals surface area (Å²) in [5, 5.41) is 0. The molecule has 0 aromatic carbocycles. The third-order valence-electron chi connectivity index (χ3n) is 5.28. The van der Waals surface area contributed by atoms with Crippen LogP contribution in [0.2, 0.25) is 0 Å². The molecule has 1 unspecified atom stereocenters. The van der Waals surface area contributed by atoms with Crippen LogP contribution < -0.4 is 0 Å². The summed E-state index contributed by atoms with van der Waals surface area (Å²) in [5.41, 5.74) is 0.0441. The summed E-state index contributed by atoms with van der Waals surface area (Å²) in [6, 6.07) is 0.158. The van der Waals surface area contributed by atoms with Crippen molar-refractivity contribution < 1.29 is 23.9 Å². The van der Waals surface area contributed by atoms with Crippen molar-refractivity contribution in [1.82, 2.24) is 9.80 Å². The second-order valence-electron chi connectivity index (χ2n) is 8.40. The molecule has 2 aliphatic heterocycles. The van der Waals surface area contributed by atoms with Crippen LogP contribution in [0.25, 0.3) is 0 Å². The topological polar surface area (TPSA) is 88.5 Å². The van der Waals surface area contributed by atoms with E-state index in [2.05, 4.69) is 37.2 Å². The summed E-state index contributed by atoms with van der Waals surface area (Å²) in [6.07, 6.45) is 2.40. The molecule has 0 aliphatic carbocycles. The first-order valence-corrected chi connectivity index (χ1v) is 10.2. The molecule has 0 N–H and O–H groups in total. The summed E-state index contributed by atoms with van der Waals surface area (Å²) in [6.45, 7) is 14.0. The Hall–Kier alpha value is -2.38. The number of nitrogens with zero attached hydrogens (tertiary/aromatic N) is 3. The van der Waals surface area contributed by atoms with E-state index in [0.29, 0.717) is 19.5 Å². The molecule has 1 saturated heterocycles. The van der Waals surface area contributed by atoms with Crippen molar-refractivity contribution in [2.24, 2.45) is 10.4 Å². The van der Waals surface area contributed by atoms with Crippen molar-refractivity contribution in [2.75, 3.05) is 39.4 Å². The first-order chi connectivity index (χ1) is 13.6. The number of hydrogen-bond donors (Lipinski definition) is 0. The molecule has 0 aromatic rings. The molecular formula is C21H33N3O5. The van der Waals surface area contributed by atoms with Crippen LogP contribution in [0.1, 0.15) is 47.0 Å². The standard InChI is InChI=1S/C21H33N3O5/c1-15(2)19(27)29-14-18(26)28-12-11-23-10-8-22-20(23)21(4,5)13-16(3)24-9-6-7-17(24)25/h16H,1,6-14H2,2-5H3. The zero-order valence-corrected chi connectivity index (χ0v) is 18.0. The van der Waals surface area contributed by atoms with Crippen LogP contribution in [0.15, 0.2) is 17.1 Å². The molecule has 162 valence electrons. The van der Waals surface area contributed by atoms with E-state index in [4.69, 9.17) is 9.47 Å². The zero-order chi connectivity index (χ0) is 21.6. The Morgan fingerprint density at radius 2 is 2.00 bits per heavy atom. The molecule has 2 aliphatic rings. The van der Waals surface area contributed by atoms with Crippen LogP contribution in [0.5, 0.6) is 0 Å². The summed E-state index contributed by atoms with van der Waals surface area (Å²) in [7, 11) is 0. The molecule has 2 heterocycles. The molecule has 8 nitrogen and oxygen atoms in total. The van der Waals surface area contributed by atoms with Gasteiger partial charge in [0.1, 0.15) is 12.4 Å². The number of aliphatic imine (C=N–C) groups is 1. The fourth-order valence-corrected chi connectivity index (χ4v) is 3.98. The molecule has 0 radical (unpaired) electrons. The zero-order valence-electron chi connectivity index (χ0n) is 18.0. The first-order valence-electron chi connectivity index (χ1n) is 10.2. The van der Waals surface area contributed by atoms with Gasteiger partial charge in [0, 0.05) is 36.5 Å². The number of rotatable bonds is 10. The highest BCUT2D eigenvalue weighted by Crippen LogP contribution is 2.31. The number of amides is 1. The maximum absolute atomic E-state index is 12.0. The Labute approximate surface area is 172 Å². The number of esters is 2. The van der Waals surface area contributed by atoms with E-state index in [1.165, 1.54) is 6.92 Å². The van der Waals surface area contributed by atoms with E-state index >= 15 is 0 Å². The Kier molecular flexibility index (Phi) is 7.81. The minimum Gasteiger partial charge on any atom is -0.461 e. The summed E-state index contributed by atoms with van der Waals surface area (Å²) in [5.74, 6) is 0.0273. The van der Waals surface area contributed by atoms with Gasteiger partial charge in [-0.05, 0) is 26.7 Å². The van der Waals surface area contributed by atoms with Crippen molar-refractivity contribution in [2.45, 2.75) is 53.0 Å². The van der Waals surface area contributed by atoms with Crippen LogP contribution in [-0.2, 0) is 23.9 Å². The lowest BCUT2D eigenvalue weighted by atomic mass is 9.83. The van der Waals surface area contributed by atoms with Crippen LogP contribution in [-0.4, -0.2) is 78.9 Å². The van der Waals surface area contributed by atoms with Gasteiger partial charge in [0.05, 0.1) is 13.1 Å². The first kappa shape index (κ1) is 22.9. The molecule has 1 atom stereocenters. The minimum atomic E-state index is -0.608. The summed E-state index contributed by atoms with van der Waals surface area (Å²) < 4.78 is 9.96. The number of hydrogen-bond acceptors (Lipinski definition) is 7. The van der Waals surface area contributed by atoms with E-state index < -0.39 is 18.5 Å². The van der Waals surface area contributed by atoms with E-state index in [1.807, 2.05) is 4.90 Å². The number of carbonyl (C=O) groups excluding carboxylic acids is 3. The highest BCUT2D eigenvalue weighted by Gasteiger charge is 2.36. The molecular weight excluding hydrogens is 374 g/mol. The molecule has 1 fully saturated rings. The number of carbonyl (C=O) groups is 3. The maximum Gasteiger partial charge on any atom is 0.344 e. The van der Waals surface area contributed by atoms with Crippen LogP contribution in [0.4, 0.5) is 0 Å². The molecule has 8 heteroatoms. The Bertz CT molecular complexity index is 686. The second-order valence-corrected chi connectivity index (χ2v) is 8.40. The van der Waals surface area contributed by atoms with E-state index in [9.17, 15) is 14.4 Å². The van der Waals surface area contributed by atoms with Gasteiger partial charge in [-0.3, -0.25) is 9.79 Å². The number of ether oxygens (including phenoxy) is 2. The highest BCUT2D eigenvalue weighted by atomic mass is 16.6. The van der Waals surface area contributed by atoms with E-state index in [1.54, 1.807) is 0 Å². The molecule has 0 saturated carbocycles. The SMILES string of the molecule is C=C(C)C(=O)OCC(=O)OCCN1CCN=C1C(C)(C)CC(C)N1CCCC1=O. The van der Waals surface area contributed by atoms with Gasteiger partial charge in [-0.2, -0.15) is 0 Å². The third-order valence-corrected chi connectivity index (χ3v) is 5.28. The fourth-order valence-electron chi connectivity index (χ4n) is 3.98. The summed E-state index contributed by atoms with van der Waals surface area (Å²) >= 11 is 0. The predicted molar refractivity (Wildman–Crippen MR) is 109 cm³/mol. The largest absolute Gasteiger partial charge is 0.461 e. The molecule has 0 bridgehead atoms. The molecule has 29 heavy (non-hydrogen) atoms. The van der Waals surface area contributed by atoms with Gasteiger partial charge in [0.2, 0.25) is 5.91 Å². The highest BCUT2D eigenvalue weighted by molar-refractivity contribution is 5.89. The maximum atomic E-state index is 12.0. The van der Waals surface area contributed by atoms with Gasteiger partial charge in [0.25, 0.3) is 0 Å². The van der Waals surface area contributed by atoms with Gasteiger partial charge < -0.3 is 19.3 Å². The molecule has 2 rings (SSSR count). The van der Waals surface area contributed by atoms with Gasteiger partial charge in [-0.1, -0.05) is 20.4 Å². The van der Waals surface area contributed by atoms with E-state index in [0.717, 1.165) is 31.8 Å². The second kappa shape index (κ2) is 9.89. The Morgan fingerprint density at radius 1 is 1.28 bits per heavy atom. The summed E-state index contributed by atoms with van der Waals surface area (Å²) in [4.78, 5) is 43.8. The fraction of sp³-hybridized carbons (Fsp3) is 0.714. The van der Waals surface area contributed by atoms with Crippen molar-refractivity contribution >= 4 is 23.7 Å². The normalized spacial score (nSPS) is 17.9. The van der Waals surface area contributed by atoms with Gasteiger partial charge in [-0.15, -0.1) is 0 Å². The van der Waals surface area contributed by atoms with Crippen molar-refractivity contribution in [1.29, 1.82) is 0 Å². The van der Waals surface area contributed by atoms with Crippen molar-refractivity contribution in [3.63, 3.8) is 0 Å². The lowest BCUT2D eigenvalue weighted by molar-refractivity contribution is -0.156. The smallest absolute Gasteiger partial charge is 0.344 e. The monoisotopic (exact) mass is 407 g/mol. The van der Waals surface area contributed by atoms with Crippen LogP contribution in [0, 0.1) is 5.41 Å². The molecule has 0 spiro atoms. The van der Waals surface area contributed by atoms with E-state index in [-0.39, 0.29) is 29.5 Å². The van der Waals surface area contributed by atoms with Crippen LogP contribution >= 0.6 is 0 Å². The number of amidine groups is 1. The van der Waals surface area contributed by atoms with Gasteiger partial charge in [-0.25, -0.2) is 9.59 Å². The average molecular weight is 408 g/mol. The number of likely N-dealkylation sites (tertiary alicyclic amines) is 1. The molecule has 1 amide bonds. The average Bonchev–Trinajstić information content (AvgIpc) is 3.28. The lowest BCUT2D eigenvalue weighted by Crippen LogP contribution is -2.44. The van der Waals surface area contributed by atoms with Gasteiger partial charge in [0.15, 0.2) is 6.61 Å². The Balaban J connectivity index is 1.80. The molecule has 0 aromatic heterocycles. The van der Waals surface area contributed by atoms with Crippen LogP contribution in [0.3, 0.4) is 0 Å². The minimum absolute atomic E-state index is 0.158. The Morgan fingerprint density at radius 3 is 2.62 bits per heavy atom. The third kappa shape index (κ3) is 6.30. The lowest BCUT2D eigenvalue weighted by Gasteiger charge is -2.36.